The fourth-order valence-corrected chi connectivity index (χ4v) is 5.76. The summed E-state index contributed by atoms with van der Waals surface area (Å²) in [5.41, 5.74) is 8.05. The van der Waals surface area contributed by atoms with Gasteiger partial charge in [-0.25, -0.2) is 9.97 Å². The highest BCUT2D eigenvalue weighted by atomic mass is 16.5. The van der Waals surface area contributed by atoms with Crippen molar-refractivity contribution >= 4 is 40.7 Å². The van der Waals surface area contributed by atoms with Gasteiger partial charge in [0.1, 0.15) is 11.6 Å². The summed E-state index contributed by atoms with van der Waals surface area (Å²) in [7, 11) is 5.20. The molecular weight excluding hydrogens is 560 g/mol. The lowest BCUT2D eigenvalue weighted by molar-refractivity contribution is -0.133. The number of hydrogen-bond acceptors (Lipinski definition) is 9. The molecule has 2 aliphatic rings. The number of carbonyl (C=O) groups excluding carboxylic acids is 3. The molecule has 3 amide bonds. The van der Waals surface area contributed by atoms with Gasteiger partial charge in [-0.05, 0) is 74.2 Å². The normalized spacial score (nSPS) is 17.1. The average molecular weight is 601 g/mol. The Morgan fingerprint density at radius 2 is 1.66 bits per heavy atom. The number of benzene rings is 2. The second-order valence-electron chi connectivity index (χ2n) is 11.4. The zero-order chi connectivity index (χ0) is 31.2. The number of nitrogens with two attached hydrogens (primary N) is 1. The highest BCUT2D eigenvalue weighted by Crippen LogP contribution is 2.28. The summed E-state index contributed by atoms with van der Waals surface area (Å²) in [5.74, 6) is 0.992. The monoisotopic (exact) mass is 600 g/mol. The van der Waals surface area contributed by atoms with E-state index < -0.39 is 5.91 Å². The van der Waals surface area contributed by atoms with E-state index in [-0.39, 0.29) is 35.3 Å². The van der Waals surface area contributed by atoms with E-state index in [9.17, 15) is 14.4 Å². The standard InChI is InChI=1S/C32H40N8O4/c1-38(2)32(43)22-14-17-39(18-15-22)25-10-8-23(9-11-25)35-30-28(29(33)41)34-19-27(37-30)40-16-4-5-24(20-40)36-31(42)21-6-12-26(44-3)13-7-21/h6-13,19,22,24H,4-5,14-18,20H2,1-3H3,(H2,33,41)(H,35,37)(H,36,42)/t24-/m1/s1. The zero-order valence-corrected chi connectivity index (χ0v) is 25.5. The van der Waals surface area contributed by atoms with Gasteiger partial charge in [0.15, 0.2) is 11.5 Å². The van der Waals surface area contributed by atoms with E-state index in [2.05, 4.69) is 25.4 Å². The Morgan fingerprint density at radius 3 is 2.30 bits per heavy atom. The molecule has 0 unspecified atom stereocenters. The minimum absolute atomic E-state index is 0.0480. The van der Waals surface area contributed by atoms with Gasteiger partial charge in [-0.1, -0.05) is 0 Å². The maximum Gasteiger partial charge on any atom is 0.271 e. The zero-order valence-electron chi connectivity index (χ0n) is 25.5. The van der Waals surface area contributed by atoms with Crippen LogP contribution >= 0.6 is 0 Å². The highest BCUT2D eigenvalue weighted by molar-refractivity contribution is 5.96. The van der Waals surface area contributed by atoms with E-state index in [1.165, 1.54) is 0 Å². The SMILES string of the molecule is COc1ccc(C(=O)N[C@@H]2CCCN(c3cnc(C(N)=O)c(Nc4ccc(N5CCC(C(=O)N(C)C)CC5)cc4)n3)C2)cc1. The molecule has 44 heavy (non-hydrogen) atoms. The number of nitrogens with one attached hydrogen (secondary N) is 2. The number of carbonyl (C=O) groups is 3. The van der Waals surface area contributed by atoms with Gasteiger partial charge in [-0.3, -0.25) is 14.4 Å². The Hall–Kier alpha value is -4.87. The number of hydrogen-bond donors (Lipinski definition) is 3. The van der Waals surface area contributed by atoms with E-state index in [1.54, 1.807) is 56.6 Å². The molecule has 1 atom stereocenters. The minimum Gasteiger partial charge on any atom is -0.497 e. The van der Waals surface area contributed by atoms with Crippen LogP contribution in [0.3, 0.4) is 0 Å². The van der Waals surface area contributed by atoms with Crippen molar-refractivity contribution in [2.45, 2.75) is 31.7 Å². The van der Waals surface area contributed by atoms with Crippen molar-refractivity contribution in [1.82, 2.24) is 20.2 Å². The molecule has 12 heteroatoms. The van der Waals surface area contributed by atoms with Crippen molar-refractivity contribution in [2.24, 2.45) is 11.7 Å². The summed E-state index contributed by atoms with van der Waals surface area (Å²) < 4.78 is 5.18. The van der Waals surface area contributed by atoms with Gasteiger partial charge < -0.3 is 35.8 Å². The molecular formula is C32H40N8O4. The smallest absolute Gasteiger partial charge is 0.271 e. The van der Waals surface area contributed by atoms with Crippen LogP contribution in [0.1, 0.15) is 46.5 Å². The third kappa shape index (κ3) is 7.19. The van der Waals surface area contributed by atoms with Crippen LogP contribution in [0.15, 0.2) is 54.7 Å². The number of rotatable bonds is 9. The predicted molar refractivity (Wildman–Crippen MR) is 170 cm³/mol. The first-order valence-corrected chi connectivity index (χ1v) is 14.9. The largest absolute Gasteiger partial charge is 0.497 e. The van der Waals surface area contributed by atoms with Crippen molar-refractivity contribution in [2.75, 3.05) is 62.5 Å². The predicted octanol–water partition coefficient (Wildman–Crippen LogP) is 3.03. The molecule has 2 saturated heterocycles. The molecule has 3 heterocycles. The number of nitrogens with zero attached hydrogens (tertiary/aromatic N) is 5. The lowest BCUT2D eigenvalue weighted by Crippen LogP contribution is -2.48. The van der Waals surface area contributed by atoms with E-state index in [4.69, 9.17) is 15.5 Å². The molecule has 0 saturated carbocycles. The second kappa shape index (κ2) is 13.6. The van der Waals surface area contributed by atoms with Crippen molar-refractivity contribution in [3.05, 3.63) is 66.0 Å². The Labute approximate surface area is 257 Å². The van der Waals surface area contributed by atoms with Crippen LogP contribution in [-0.2, 0) is 4.79 Å². The van der Waals surface area contributed by atoms with Crippen LogP contribution in [0.2, 0.25) is 0 Å². The fourth-order valence-electron chi connectivity index (χ4n) is 5.76. The Morgan fingerprint density at radius 1 is 0.955 bits per heavy atom. The molecule has 4 N–H and O–H groups in total. The molecule has 3 aromatic rings. The summed E-state index contributed by atoms with van der Waals surface area (Å²) >= 11 is 0. The molecule has 232 valence electrons. The Bertz CT molecular complexity index is 1470. The van der Waals surface area contributed by atoms with E-state index in [0.29, 0.717) is 23.7 Å². The van der Waals surface area contributed by atoms with E-state index >= 15 is 0 Å². The number of ether oxygens (including phenoxy) is 1. The highest BCUT2D eigenvalue weighted by Gasteiger charge is 2.27. The summed E-state index contributed by atoms with van der Waals surface area (Å²) in [6.45, 7) is 2.92. The van der Waals surface area contributed by atoms with Gasteiger partial charge in [-0.2, -0.15) is 0 Å². The number of aromatic nitrogens is 2. The van der Waals surface area contributed by atoms with Crippen LogP contribution < -0.4 is 30.9 Å². The van der Waals surface area contributed by atoms with E-state index in [1.807, 2.05) is 24.3 Å². The van der Waals surface area contributed by atoms with Crippen molar-refractivity contribution < 1.29 is 19.1 Å². The molecule has 2 fully saturated rings. The molecule has 0 radical (unpaired) electrons. The Balaban J connectivity index is 1.24. The first-order valence-electron chi connectivity index (χ1n) is 14.9. The fraction of sp³-hybridized carbons (Fsp3) is 0.406. The second-order valence-corrected chi connectivity index (χ2v) is 11.4. The quantitative estimate of drug-likeness (QED) is 0.337. The van der Waals surface area contributed by atoms with Crippen molar-refractivity contribution in [1.29, 1.82) is 0 Å². The third-order valence-corrected chi connectivity index (χ3v) is 8.21. The molecule has 2 aliphatic heterocycles. The maximum absolute atomic E-state index is 12.8. The average Bonchev–Trinajstić information content (AvgIpc) is 3.05. The van der Waals surface area contributed by atoms with Crippen LogP contribution in [0, 0.1) is 5.92 Å². The van der Waals surface area contributed by atoms with Crippen LogP contribution in [0.25, 0.3) is 0 Å². The topological polar surface area (TPSA) is 146 Å². The third-order valence-electron chi connectivity index (χ3n) is 8.21. The van der Waals surface area contributed by atoms with Gasteiger partial charge in [0, 0.05) is 69.2 Å². The molecule has 12 nitrogen and oxygen atoms in total. The van der Waals surface area contributed by atoms with Crippen molar-refractivity contribution in [3.8, 4) is 5.75 Å². The molecule has 1 aromatic heterocycles. The van der Waals surface area contributed by atoms with Crippen LogP contribution in [0.4, 0.5) is 23.0 Å². The summed E-state index contributed by atoms with van der Waals surface area (Å²) in [5, 5.41) is 6.34. The van der Waals surface area contributed by atoms with Crippen LogP contribution in [0.5, 0.6) is 5.75 Å². The number of amides is 3. The number of piperidine rings is 2. The molecule has 5 rings (SSSR count). The van der Waals surface area contributed by atoms with Gasteiger partial charge >= 0.3 is 0 Å². The van der Waals surface area contributed by atoms with Gasteiger partial charge in [0.2, 0.25) is 5.91 Å². The summed E-state index contributed by atoms with van der Waals surface area (Å²) in [6, 6.07) is 14.8. The van der Waals surface area contributed by atoms with E-state index in [0.717, 1.165) is 56.7 Å². The summed E-state index contributed by atoms with van der Waals surface area (Å²) in [4.78, 5) is 52.4. The van der Waals surface area contributed by atoms with Gasteiger partial charge in [0.05, 0.1) is 13.3 Å². The first-order chi connectivity index (χ1) is 21.2. The summed E-state index contributed by atoms with van der Waals surface area (Å²) in [6.07, 6.45) is 4.89. The molecule has 0 bridgehead atoms. The van der Waals surface area contributed by atoms with Gasteiger partial charge in [-0.15, -0.1) is 0 Å². The number of primary amides is 1. The molecule has 0 aliphatic carbocycles. The minimum atomic E-state index is -0.679. The molecule has 2 aromatic carbocycles. The number of anilines is 4. The van der Waals surface area contributed by atoms with Gasteiger partial charge in [0.25, 0.3) is 11.8 Å². The van der Waals surface area contributed by atoms with Crippen LogP contribution in [-0.4, -0.2) is 86.0 Å². The molecule has 0 spiro atoms. The number of methoxy groups -OCH3 is 1. The van der Waals surface area contributed by atoms with Crippen molar-refractivity contribution in [3.63, 3.8) is 0 Å². The first kappa shape index (κ1) is 30.6. The lowest BCUT2D eigenvalue weighted by atomic mass is 9.95. The maximum atomic E-state index is 12.8. The lowest BCUT2D eigenvalue weighted by Gasteiger charge is -2.34. The Kier molecular flexibility index (Phi) is 9.47.